The van der Waals surface area contributed by atoms with Crippen molar-refractivity contribution in [1.29, 1.82) is 0 Å². The van der Waals surface area contributed by atoms with E-state index in [2.05, 4.69) is 20.8 Å². The van der Waals surface area contributed by atoms with Crippen LogP contribution in [0.1, 0.15) is 16.7 Å². The first-order chi connectivity index (χ1) is 17.1. The van der Waals surface area contributed by atoms with Crippen LogP contribution in [0.5, 0.6) is 5.75 Å². The Kier molecular flexibility index (Phi) is 7.75. The summed E-state index contributed by atoms with van der Waals surface area (Å²) < 4.78 is 10.5. The number of aromatic nitrogens is 1. The SMILES string of the molecule is COc1ccc(/C=N\NC(=O)[C@H](Cc2c[nH]c3ccccc23)NC(=O)OCc2ccccc2)cc1. The average molecular weight is 471 g/mol. The zero-order chi connectivity index (χ0) is 24.5. The van der Waals surface area contributed by atoms with Gasteiger partial charge in [-0.1, -0.05) is 48.5 Å². The van der Waals surface area contributed by atoms with E-state index in [9.17, 15) is 9.59 Å². The predicted molar refractivity (Wildman–Crippen MR) is 134 cm³/mol. The van der Waals surface area contributed by atoms with E-state index in [-0.39, 0.29) is 13.0 Å². The molecule has 0 saturated heterocycles. The zero-order valence-corrected chi connectivity index (χ0v) is 19.2. The van der Waals surface area contributed by atoms with Crippen molar-refractivity contribution in [3.8, 4) is 5.75 Å². The van der Waals surface area contributed by atoms with Crippen molar-refractivity contribution < 1.29 is 19.1 Å². The molecule has 0 unspecified atom stereocenters. The molecular formula is C27H26N4O4. The quantitative estimate of drug-likeness (QED) is 0.252. The molecule has 0 aliphatic carbocycles. The van der Waals surface area contributed by atoms with E-state index in [0.717, 1.165) is 33.3 Å². The molecule has 35 heavy (non-hydrogen) atoms. The number of ether oxygens (including phenoxy) is 2. The maximum atomic E-state index is 13.0. The van der Waals surface area contributed by atoms with E-state index in [1.807, 2.05) is 72.9 Å². The van der Waals surface area contributed by atoms with Gasteiger partial charge in [0.25, 0.3) is 5.91 Å². The van der Waals surface area contributed by atoms with Crippen LogP contribution in [-0.2, 0) is 22.6 Å². The van der Waals surface area contributed by atoms with Crippen LogP contribution in [0, 0.1) is 0 Å². The Hall–Kier alpha value is -4.59. The van der Waals surface area contributed by atoms with Crippen LogP contribution in [0.3, 0.4) is 0 Å². The van der Waals surface area contributed by atoms with Crippen LogP contribution in [0.2, 0.25) is 0 Å². The molecule has 8 heteroatoms. The Morgan fingerprint density at radius 3 is 2.51 bits per heavy atom. The Balaban J connectivity index is 1.44. The Bertz CT molecular complexity index is 1300. The fraction of sp³-hybridized carbons (Fsp3) is 0.148. The molecule has 4 aromatic rings. The van der Waals surface area contributed by atoms with Crippen LogP contribution in [0.4, 0.5) is 4.79 Å². The lowest BCUT2D eigenvalue weighted by Crippen LogP contribution is -2.47. The first kappa shape index (κ1) is 23.6. The fourth-order valence-corrected chi connectivity index (χ4v) is 3.58. The van der Waals surface area contributed by atoms with Gasteiger partial charge < -0.3 is 19.8 Å². The third-order valence-electron chi connectivity index (χ3n) is 5.42. The van der Waals surface area contributed by atoms with Crippen LogP contribution < -0.4 is 15.5 Å². The third kappa shape index (κ3) is 6.48. The van der Waals surface area contributed by atoms with Gasteiger partial charge in [-0.05, 0) is 47.0 Å². The lowest BCUT2D eigenvalue weighted by molar-refractivity contribution is -0.123. The number of benzene rings is 3. The van der Waals surface area contributed by atoms with E-state index < -0.39 is 18.0 Å². The number of para-hydroxylation sites is 1. The van der Waals surface area contributed by atoms with Gasteiger partial charge in [-0.2, -0.15) is 5.10 Å². The van der Waals surface area contributed by atoms with Gasteiger partial charge in [0.2, 0.25) is 0 Å². The molecule has 0 bridgehead atoms. The minimum absolute atomic E-state index is 0.101. The number of fused-ring (bicyclic) bond motifs is 1. The van der Waals surface area contributed by atoms with Gasteiger partial charge in [0.15, 0.2) is 0 Å². The molecule has 3 aromatic carbocycles. The lowest BCUT2D eigenvalue weighted by atomic mass is 10.0. The first-order valence-electron chi connectivity index (χ1n) is 11.1. The highest BCUT2D eigenvalue weighted by Gasteiger charge is 2.23. The van der Waals surface area contributed by atoms with Crippen molar-refractivity contribution in [2.24, 2.45) is 5.10 Å². The molecule has 1 heterocycles. The number of rotatable bonds is 9. The van der Waals surface area contributed by atoms with Crippen molar-refractivity contribution in [2.75, 3.05) is 7.11 Å². The molecule has 0 fully saturated rings. The summed E-state index contributed by atoms with van der Waals surface area (Å²) in [5.41, 5.74) is 6.00. The molecule has 2 amide bonds. The summed E-state index contributed by atoms with van der Waals surface area (Å²) >= 11 is 0. The number of hydrogen-bond acceptors (Lipinski definition) is 5. The summed E-state index contributed by atoms with van der Waals surface area (Å²) in [4.78, 5) is 28.7. The summed E-state index contributed by atoms with van der Waals surface area (Å²) in [7, 11) is 1.59. The number of alkyl carbamates (subject to hydrolysis) is 1. The number of nitrogens with zero attached hydrogens (tertiary/aromatic N) is 1. The summed E-state index contributed by atoms with van der Waals surface area (Å²) in [6.07, 6.45) is 2.93. The minimum atomic E-state index is -0.898. The van der Waals surface area contributed by atoms with Crippen molar-refractivity contribution in [3.63, 3.8) is 0 Å². The summed E-state index contributed by atoms with van der Waals surface area (Å²) in [5.74, 6) is 0.264. The number of carbonyl (C=O) groups excluding carboxylic acids is 2. The van der Waals surface area contributed by atoms with Gasteiger partial charge in [0, 0.05) is 23.5 Å². The fourth-order valence-electron chi connectivity index (χ4n) is 3.58. The van der Waals surface area contributed by atoms with Gasteiger partial charge >= 0.3 is 6.09 Å². The van der Waals surface area contributed by atoms with Crippen LogP contribution >= 0.6 is 0 Å². The maximum absolute atomic E-state index is 13.0. The minimum Gasteiger partial charge on any atom is -0.497 e. The molecule has 0 aliphatic heterocycles. The number of hydrazone groups is 1. The Morgan fingerprint density at radius 2 is 1.74 bits per heavy atom. The molecule has 8 nitrogen and oxygen atoms in total. The molecule has 1 atom stereocenters. The van der Waals surface area contributed by atoms with Crippen molar-refractivity contribution in [2.45, 2.75) is 19.1 Å². The molecule has 4 rings (SSSR count). The van der Waals surface area contributed by atoms with E-state index >= 15 is 0 Å². The number of amides is 2. The van der Waals surface area contributed by atoms with Gasteiger partial charge in [-0.15, -0.1) is 0 Å². The zero-order valence-electron chi connectivity index (χ0n) is 19.2. The number of hydrogen-bond donors (Lipinski definition) is 3. The molecule has 0 aliphatic rings. The highest BCUT2D eigenvalue weighted by Crippen LogP contribution is 2.19. The maximum Gasteiger partial charge on any atom is 0.408 e. The van der Waals surface area contributed by atoms with Crippen LogP contribution in [-0.4, -0.2) is 36.4 Å². The van der Waals surface area contributed by atoms with Crippen molar-refractivity contribution >= 4 is 29.1 Å². The highest BCUT2D eigenvalue weighted by molar-refractivity contribution is 5.89. The summed E-state index contributed by atoms with van der Waals surface area (Å²) in [5, 5.41) is 7.70. The lowest BCUT2D eigenvalue weighted by Gasteiger charge is -2.17. The number of methoxy groups -OCH3 is 1. The molecule has 178 valence electrons. The van der Waals surface area contributed by atoms with Gasteiger partial charge in [0.05, 0.1) is 13.3 Å². The molecule has 0 saturated carbocycles. The van der Waals surface area contributed by atoms with Crippen molar-refractivity contribution in [1.82, 2.24) is 15.7 Å². The molecule has 0 radical (unpaired) electrons. The third-order valence-corrected chi connectivity index (χ3v) is 5.42. The van der Waals surface area contributed by atoms with Crippen LogP contribution in [0.15, 0.2) is 90.2 Å². The number of carbonyl (C=O) groups is 2. The first-order valence-corrected chi connectivity index (χ1v) is 11.1. The second kappa shape index (κ2) is 11.5. The smallest absolute Gasteiger partial charge is 0.408 e. The van der Waals surface area contributed by atoms with Crippen LogP contribution in [0.25, 0.3) is 10.9 Å². The predicted octanol–water partition coefficient (Wildman–Crippen LogP) is 4.16. The average Bonchev–Trinajstić information content (AvgIpc) is 3.31. The molecule has 3 N–H and O–H groups in total. The van der Waals surface area contributed by atoms with E-state index in [1.54, 1.807) is 19.2 Å². The Morgan fingerprint density at radius 1 is 1.00 bits per heavy atom. The topological polar surface area (TPSA) is 105 Å². The standard InChI is InChI=1S/C27H26N4O4/c1-34-22-13-11-19(12-14-22)16-29-31-26(32)25(15-21-17-28-24-10-6-5-9-23(21)24)30-27(33)35-18-20-7-3-2-4-8-20/h2-14,16-17,25,28H,15,18H2,1H3,(H,30,33)(H,31,32)/b29-16-/t25-/m0/s1. The summed E-state index contributed by atoms with van der Waals surface area (Å²) in [6, 6.07) is 23.4. The number of nitrogens with one attached hydrogen (secondary N) is 3. The second-order valence-electron chi connectivity index (χ2n) is 7.83. The largest absolute Gasteiger partial charge is 0.497 e. The Labute approximate surface area is 203 Å². The van der Waals surface area contributed by atoms with Gasteiger partial charge in [-0.25, -0.2) is 10.2 Å². The normalized spacial score (nSPS) is 11.8. The molecule has 1 aromatic heterocycles. The number of H-pyrrole nitrogens is 1. The van der Waals surface area contributed by atoms with Gasteiger partial charge in [-0.3, -0.25) is 4.79 Å². The summed E-state index contributed by atoms with van der Waals surface area (Å²) in [6.45, 7) is 0.101. The van der Waals surface area contributed by atoms with Crippen molar-refractivity contribution in [3.05, 3.63) is 102 Å². The molecular weight excluding hydrogens is 444 g/mol. The van der Waals surface area contributed by atoms with E-state index in [0.29, 0.717) is 0 Å². The van der Waals surface area contributed by atoms with Gasteiger partial charge in [0.1, 0.15) is 18.4 Å². The van der Waals surface area contributed by atoms with E-state index in [4.69, 9.17) is 9.47 Å². The number of aromatic amines is 1. The van der Waals surface area contributed by atoms with E-state index in [1.165, 1.54) is 6.21 Å². The molecule has 0 spiro atoms. The monoisotopic (exact) mass is 470 g/mol. The second-order valence-corrected chi connectivity index (χ2v) is 7.83. The highest BCUT2D eigenvalue weighted by atomic mass is 16.5.